The molecule has 1 N–H and O–H groups in total. The van der Waals surface area contributed by atoms with E-state index in [-0.39, 0.29) is 47.0 Å². The fraction of sp³-hybridized carbons (Fsp3) is 0.692. The first-order valence-electron chi connectivity index (χ1n) is 29.8. The van der Waals surface area contributed by atoms with Crippen molar-refractivity contribution in [2.24, 2.45) is 0 Å². The number of carbonyl (C=O) groups excluding carboxylic acids is 1. The van der Waals surface area contributed by atoms with Crippen LogP contribution in [0, 0.1) is 0 Å². The van der Waals surface area contributed by atoms with Gasteiger partial charge in [-0.2, -0.15) is 4.58 Å². The largest absolute Gasteiger partial charge is 1.00 e. The van der Waals surface area contributed by atoms with Crippen LogP contribution in [0.1, 0.15) is 270 Å². The normalized spacial score (nSPS) is 18.1. The zero-order valence-electron chi connectivity index (χ0n) is 46.6. The molecule has 1 amide bonds. The summed E-state index contributed by atoms with van der Waals surface area (Å²) in [5.41, 5.74) is 9.11. The van der Waals surface area contributed by atoms with Crippen molar-refractivity contribution in [3.63, 3.8) is 0 Å². The van der Waals surface area contributed by atoms with Gasteiger partial charge in [-0.25, -0.2) is 4.79 Å². The van der Waals surface area contributed by atoms with Crippen LogP contribution >= 0.6 is 0 Å². The van der Waals surface area contributed by atoms with Gasteiger partial charge in [0.15, 0.2) is 5.71 Å². The van der Waals surface area contributed by atoms with E-state index in [0.29, 0.717) is 6.54 Å². The molecule has 2 aliphatic heterocycles. The van der Waals surface area contributed by atoms with Crippen LogP contribution in [-0.4, -0.2) is 35.6 Å². The number of hydrogen-bond acceptors (Lipinski definition) is 3. The number of hydrogen-bond donors (Lipinski definition) is 1. The van der Waals surface area contributed by atoms with Crippen LogP contribution < -0.4 is 34.2 Å². The van der Waals surface area contributed by atoms with Crippen LogP contribution in [0.5, 0.6) is 0 Å². The van der Waals surface area contributed by atoms with Gasteiger partial charge in [0, 0.05) is 54.0 Å². The number of ether oxygens (including phenoxy) is 1. The van der Waals surface area contributed by atoms with E-state index in [2.05, 4.69) is 129 Å². The summed E-state index contributed by atoms with van der Waals surface area (Å²) in [5.74, 6) is 0. The molecule has 1 atom stereocenters. The van der Waals surface area contributed by atoms with E-state index in [0.717, 1.165) is 50.8 Å². The minimum Gasteiger partial charge on any atom is -1.00 e. The maximum Gasteiger partial charge on any atom is 0.407 e. The SMILES string of the molecule is CCCCCCCCCCCCCCCCN1C(=CC=CC2=[N+](CCCCCCCCCCCCCCCC)c3ccccc3C2(C)C)C(C)(C)c2cc(CNC(=O)OC3CC/C=C/CCC3)ccc21.[I-]. The lowest BCUT2D eigenvalue weighted by molar-refractivity contribution is -0.438. The Bertz CT molecular complexity index is 1920. The molecule has 2 aromatic carbocycles. The van der Waals surface area contributed by atoms with Gasteiger partial charge in [0.25, 0.3) is 0 Å². The van der Waals surface area contributed by atoms with Gasteiger partial charge in [0.1, 0.15) is 12.6 Å². The monoisotopic (exact) mass is 1090 g/mol. The second-order valence-electron chi connectivity index (χ2n) is 22.8. The number of unbranched alkanes of at least 4 members (excludes halogenated alkanes) is 26. The first-order chi connectivity index (χ1) is 34.2. The van der Waals surface area contributed by atoms with Gasteiger partial charge in [0.05, 0.1) is 5.41 Å². The Balaban J connectivity index is 0.0000110. The third-order valence-corrected chi connectivity index (χ3v) is 16.2. The van der Waals surface area contributed by atoms with Crippen molar-refractivity contribution in [3.8, 4) is 0 Å². The number of anilines is 1. The molecule has 0 radical (unpaired) electrons. The van der Waals surface area contributed by atoms with E-state index in [1.807, 2.05) is 0 Å². The fourth-order valence-electron chi connectivity index (χ4n) is 11.7. The van der Waals surface area contributed by atoms with Crippen molar-refractivity contribution >= 4 is 23.2 Å². The number of fused-ring (bicyclic) bond motifs is 2. The molecule has 6 heteroatoms. The van der Waals surface area contributed by atoms with Crippen molar-refractivity contribution in [2.75, 3.05) is 18.0 Å². The number of nitrogens with one attached hydrogen (secondary N) is 1. The maximum absolute atomic E-state index is 13.0. The Labute approximate surface area is 454 Å². The predicted octanol–water partition coefficient (Wildman–Crippen LogP) is 16.4. The molecule has 2 aromatic rings. The molecule has 0 bridgehead atoms. The highest BCUT2D eigenvalue weighted by atomic mass is 127. The summed E-state index contributed by atoms with van der Waals surface area (Å²) in [6.07, 6.45) is 54.9. The fourth-order valence-corrected chi connectivity index (χ4v) is 11.7. The average molecular weight is 1090 g/mol. The summed E-state index contributed by atoms with van der Waals surface area (Å²) >= 11 is 0. The van der Waals surface area contributed by atoms with E-state index in [9.17, 15) is 4.79 Å². The first kappa shape index (κ1) is 60.7. The molecule has 398 valence electrons. The van der Waals surface area contributed by atoms with Crippen LogP contribution in [0.3, 0.4) is 0 Å². The number of allylic oxidation sites excluding steroid dienone is 6. The van der Waals surface area contributed by atoms with Gasteiger partial charge < -0.3 is 38.9 Å². The third kappa shape index (κ3) is 20.4. The van der Waals surface area contributed by atoms with Crippen LogP contribution in [0.2, 0.25) is 0 Å². The van der Waals surface area contributed by atoms with Crippen LogP contribution in [0.15, 0.2) is 78.5 Å². The molecule has 5 rings (SSSR count). The van der Waals surface area contributed by atoms with Crippen molar-refractivity contribution in [1.29, 1.82) is 0 Å². The van der Waals surface area contributed by atoms with Gasteiger partial charge in [-0.15, -0.1) is 0 Å². The van der Waals surface area contributed by atoms with Crippen LogP contribution in [0.25, 0.3) is 0 Å². The second-order valence-corrected chi connectivity index (χ2v) is 22.8. The van der Waals surface area contributed by atoms with Crippen molar-refractivity contribution in [3.05, 3.63) is 95.2 Å². The van der Waals surface area contributed by atoms with E-state index in [4.69, 9.17) is 4.74 Å². The van der Waals surface area contributed by atoms with Crippen molar-refractivity contribution in [1.82, 2.24) is 5.32 Å². The van der Waals surface area contributed by atoms with Crippen molar-refractivity contribution < 1.29 is 38.1 Å². The third-order valence-electron chi connectivity index (χ3n) is 16.2. The maximum atomic E-state index is 13.0. The molecule has 0 saturated carbocycles. The number of halogens is 1. The summed E-state index contributed by atoms with van der Waals surface area (Å²) < 4.78 is 8.56. The number of rotatable bonds is 35. The minimum atomic E-state index is -0.299. The van der Waals surface area contributed by atoms with Gasteiger partial charge in [0.2, 0.25) is 5.69 Å². The molecule has 3 aliphatic rings. The highest BCUT2D eigenvalue weighted by Gasteiger charge is 2.44. The molecule has 5 nitrogen and oxygen atoms in total. The molecular weight excluding hydrogens is 982 g/mol. The number of carbonyl (C=O) groups is 1. The van der Waals surface area contributed by atoms with Gasteiger partial charge >= 0.3 is 6.09 Å². The summed E-state index contributed by atoms with van der Waals surface area (Å²) in [6, 6.07) is 16.0. The number of benzene rings is 2. The molecule has 1 unspecified atom stereocenters. The predicted molar refractivity (Wildman–Crippen MR) is 303 cm³/mol. The number of para-hydroxylation sites is 1. The number of nitrogens with zero attached hydrogens (tertiary/aromatic N) is 2. The second kappa shape index (κ2) is 34.6. The van der Waals surface area contributed by atoms with Gasteiger partial charge in [-0.05, 0) is 82.1 Å². The number of amides is 1. The zero-order chi connectivity index (χ0) is 49.7. The standard InChI is InChI=1S/C65H103N3O2.HI/c1-7-9-11-13-15-17-19-21-23-25-27-29-34-40-51-67-59-46-39-38-45-57(59)64(3,4)61(67)47-42-48-62-65(5,6)58-53-55(54-66-63(69)70-56-43-36-32-31-33-37-44-56)49-50-60(58)68(62)52-41-35-30-28-26-24-22-20-18-16-14-12-10-8-2;/h31-32,38-39,42,45-50,53,56H,7-30,33-37,40-41,43-44,51-52,54H2,1-6H3;1H/b32-31+;. The Morgan fingerprint density at radius 1 is 0.648 bits per heavy atom. The summed E-state index contributed by atoms with van der Waals surface area (Å²) in [5, 5.41) is 3.11. The average Bonchev–Trinajstić information content (AvgIpc) is 3.69. The van der Waals surface area contributed by atoms with Gasteiger partial charge in [-0.1, -0.05) is 237 Å². The molecule has 1 aliphatic carbocycles. The smallest absolute Gasteiger partial charge is 0.407 e. The van der Waals surface area contributed by atoms with E-state index < -0.39 is 0 Å². The Morgan fingerprint density at radius 2 is 1.18 bits per heavy atom. The topological polar surface area (TPSA) is 44.6 Å². The first-order valence-corrected chi connectivity index (χ1v) is 29.8. The van der Waals surface area contributed by atoms with E-state index in [1.54, 1.807) is 0 Å². The summed E-state index contributed by atoms with van der Waals surface area (Å²) in [7, 11) is 0. The summed E-state index contributed by atoms with van der Waals surface area (Å²) in [6.45, 7) is 16.8. The summed E-state index contributed by atoms with van der Waals surface area (Å²) in [4.78, 5) is 15.6. The molecule has 0 fully saturated rings. The highest BCUT2D eigenvalue weighted by Crippen LogP contribution is 2.48. The molecule has 0 saturated heterocycles. The molecule has 71 heavy (non-hydrogen) atoms. The highest BCUT2D eigenvalue weighted by molar-refractivity contribution is 6.03. The van der Waals surface area contributed by atoms with E-state index >= 15 is 0 Å². The lowest BCUT2D eigenvalue weighted by Crippen LogP contribution is -3.00. The van der Waals surface area contributed by atoms with E-state index in [1.165, 1.54) is 214 Å². The Kier molecular flexibility index (Phi) is 29.6. The Morgan fingerprint density at radius 3 is 1.77 bits per heavy atom. The number of alkyl carbamates (subject to hydrolysis) is 1. The minimum absolute atomic E-state index is 0. The lowest BCUT2D eigenvalue weighted by Gasteiger charge is -2.27. The molecule has 2 heterocycles. The molecule has 0 aromatic heterocycles. The zero-order valence-corrected chi connectivity index (χ0v) is 48.7. The van der Waals surface area contributed by atoms with Crippen LogP contribution in [0.4, 0.5) is 16.2 Å². The van der Waals surface area contributed by atoms with Crippen LogP contribution in [-0.2, 0) is 22.1 Å². The Hall–Kier alpha value is -2.87. The quantitative estimate of drug-likeness (QED) is 0.0324. The van der Waals surface area contributed by atoms with Crippen molar-refractivity contribution in [2.45, 2.75) is 277 Å². The molecule has 0 spiro atoms. The van der Waals surface area contributed by atoms with Gasteiger partial charge in [-0.3, -0.25) is 0 Å². The molecular formula is C65H104IN3O2. The lowest BCUT2D eigenvalue weighted by atomic mass is 9.81.